The van der Waals surface area contributed by atoms with Crippen molar-refractivity contribution in [2.45, 2.75) is 45.0 Å². The molecule has 2 nitrogen and oxygen atoms in total. The molecule has 2 aromatic rings. The SMILES string of the molecule is Cc1cc(C)cc([C@@]23OC[C@@]4(C)CC(O2)c2ccccc2[C@@H]43)c1. The van der Waals surface area contributed by atoms with Gasteiger partial charge in [-0.3, -0.25) is 0 Å². The fraction of sp³-hybridized carbons (Fsp3) is 0.429. The molecule has 3 heterocycles. The highest BCUT2D eigenvalue weighted by Crippen LogP contribution is 2.69. The molecule has 0 amide bonds. The standard InChI is InChI=1S/C21H22O2/c1-13-8-14(2)10-15(9-13)21-19-17-7-5-4-6-16(17)18(23-21)11-20(19,3)12-22-21/h4-10,18-19H,11-12H2,1-3H3/t18?,19-,20+,21+/m0/s1. The van der Waals surface area contributed by atoms with Crippen molar-refractivity contribution in [1.82, 2.24) is 0 Å². The van der Waals surface area contributed by atoms with Crippen LogP contribution in [0.3, 0.4) is 0 Å². The van der Waals surface area contributed by atoms with Gasteiger partial charge < -0.3 is 9.47 Å². The van der Waals surface area contributed by atoms with Gasteiger partial charge in [0, 0.05) is 11.0 Å². The third-order valence-electron chi connectivity index (χ3n) is 5.94. The van der Waals surface area contributed by atoms with E-state index in [4.69, 9.17) is 9.47 Å². The van der Waals surface area contributed by atoms with Crippen molar-refractivity contribution in [3.05, 3.63) is 70.3 Å². The molecule has 0 aromatic heterocycles. The summed E-state index contributed by atoms with van der Waals surface area (Å²) in [4.78, 5) is 0. The Kier molecular flexibility index (Phi) is 2.55. The van der Waals surface area contributed by atoms with Crippen molar-refractivity contribution in [2.75, 3.05) is 6.61 Å². The molecule has 3 aliphatic heterocycles. The van der Waals surface area contributed by atoms with Crippen LogP contribution in [-0.4, -0.2) is 6.61 Å². The van der Waals surface area contributed by atoms with Crippen LogP contribution in [0, 0.1) is 19.3 Å². The molecule has 6 rings (SSSR count). The van der Waals surface area contributed by atoms with Gasteiger partial charge in [-0.05, 0) is 31.4 Å². The van der Waals surface area contributed by atoms with Gasteiger partial charge in [-0.1, -0.05) is 60.5 Å². The zero-order chi connectivity index (χ0) is 15.8. The first kappa shape index (κ1) is 13.8. The second-order valence-corrected chi connectivity index (χ2v) is 7.86. The summed E-state index contributed by atoms with van der Waals surface area (Å²) in [6.45, 7) is 7.44. The van der Waals surface area contributed by atoms with Crippen molar-refractivity contribution in [3.8, 4) is 0 Å². The van der Waals surface area contributed by atoms with Gasteiger partial charge in [0.25, 0.3) is 0 Å². The van der Waals surface area contributed by atoms with E-state index < -0.39 is 5.79 Å². The summed E-state index contributed by atoms with van der Waals surface area (Å²) < 4.78 is 13.1. The molecular formula is C21H22O2. The lowest BCUT2D eigenvalue weighted by molar-refractivity contribution is -0.275. The van der Waals surface area contributed by atoms with Crippen molar-refractivity contribution >= 4 is 0 Å². The Bertz CT molecular complexity index is 791. The summed E-state index contributed by atoms with van der Waals surface area (Å²) in [6.07, 6.45) is 1.20. The Morgan fingerprint density at radius 1 is 1.00 bits per heavy atom. The highest BCUT2D eigenvalue weighted by molar-refractivity contribution is 5.46. The lowest BCUT2D eigenvalue weighted by Gasteiger charge is -2.53. The minimum absolute atomic E-state index is 0.143. The number of benzene rings is 2. The Hall–Kier alpha value is -1.64. The highest BCUT2D eigenvalue weighted by Gasteiger charge is 2.67. The van der Waals surface area contributed by atoms with Crippen LogP contribution in [0.2, 0.25) is 0 Å². The molecule has 0 saturated carbocycles. The molecule has 1 unspecified atom stereocenters. The van der Waals surface area contributed by atoms with E-state index in [0.717, 1.165) is 13.0 Å². The van der Waals surface area contributed by atoms with E-state index in [1.54, 1.807) is 0 Å². The van der Waals surface area contributed by atoms with E-state index in [2.05, 4.69) is 63.2 Å². The van der Waals surface area contributed by atoms with E-state index in [1.165, 1.54) is 27.8 Å². The van der Waals surface area contributed by atoms with Crippen LogP contribution >= 0.6 is 0 Å². The predicted octanol–water partition coefficient (Wildman–Crippen LogP) is 4.75. The maximum atomic E-state index is 6.63. The van der Waals surface area contributed by atoms with Crippen LogP contribution in [0.25, 0.3) is 0 Å². The van der Waals surface area contributed by atoms with Crippen molar-refractivity contribution in [2.24, 2.45) is 5.41 Å². The van der Waals surface area contributed by atoms with Gasteiger partial charge in [-0.2, -0.15) is 0 Å². The summed E-state index contributed by atoms with van der Waals surface area (Å²) in [7, 11) is 0. The van der Waals surface area contributed by atoms with Gasteiger partial charge in [0.05, 0.1) is 18.6 Å². The number of hydrogen-bond acceptors (Lipinski definition) is 2. The molecule has 2 aromatic carbocycles. The summed E-state index contributed by atoms with van der Waals surface area (Å²) >= 11 is 0. The van der Waals surface area contributed by atoms with Gasteiger partial charge in [-0.15, -0.1) is 0 Å². The largest absolute Gasteiger partial charge is 0.345 e. The molecule has 1 aliphatic carbocycles. The van der Waals surface area contributed by atoms with Gasteiger partial charge in [0.15, 0.2) is 0 Å². The third-order valence-corrected chi connectivity index (χ3v) is 5.94. The topological polar surface area (TPSA) is 18.5 Å². The molecule has 0 radical (unpaired) electrons. The Morgan fingerprint density at radius 3 is 2.43 bits per heavy atom. The molecule has 118 valence electrons. The lowest BCUT2D eigenvalue weighted by atomic mass is 9.60. The Morgan fingerprint density at radius 2 is 1.70 bits per heavy atom. The maximum Gasteiger partial charge on any atom is 0.203 e. The molecule has 2 fully saturated rings. The van der Waals surface area contributed by atoms with E-state index >= 15 is 0 Å². The van der Waals surface area contributed by atoms with Crippen LogP contribution in [0.15, 0.2) is 42.5 Å². The summed E-state index contributed by atoms with van der Waals surface area (Å²) in [5.74, 6) is -0.333. The van der Waals surface area contributed by atoms with Crippen LogP contribution in [0.1, 0.15) is 53.2 Å². The normalized spacial score (nSPS) is 37.0. The molecule has 0 spiro atoms. The molecule has 4 atom stereocenters. The second-order valence-electron chi connectivity index (χ2n) is 7.86. The van der Waals surface area contributed by atoms with Crippen molar-refractivity contribution in [3.63, 3.8) is 0 Å². The maximum absolute atomic E-state index is 6.63. The quantitative estimate of drug-likeness (QED) is 0.757. The average molecular weight is 306 g/mol. The number of hydrogen-bond donors (Lipinski definition) is 0. The summed E-state index contributed by atoms with van der Waals surface area (Å²) in [5.41, 5.74) is 6.67. The molecular weight excluding hydrogens is 284 g/mol. The number of rotatable bonds is 1. The van der Waals surface area contributed by atoms with Gasteiger partial charge in [0.2, 0.25) is 5.79 Å². The molecule has 23 heavy (non-hydrogen) atoms. The summed E-state index contributed by atoms with van der Waals surface area (Å²) in [6, 6.07) is 15.5. The minimum Gasteiger partial charge on any atom is -0.345 e. The van der Waals surface area contributed by atoms with E-state index in [0.29, 0.717) is 0 Å². The van der Waals surface area contributed by atoms with Crippen molar-refractivity contribution < 1.29 is 9.47 Å². The molecule has 2 saturated heterocycles. The first-order valence-electron chi connectivity index (χ1n) is 8.51. The van der Waals surface area contributed by atoms with Crippen molar-refractivity contribution in [1.29, 1.82) is 0 Å². The zero-order valence-corrected chi connectivity index (χ0v) is 13.9. The lowest BCUT2D eigenvalue weighted by Crippen LogP contribution is -2.49. The van der Waals surface area contributed by atoms with Gasteiger partial charge >= 0.3 is 0 Å². The zero-order valence-electron chi connectivity index (χ0n) is 13.9. The molecule has 0 N–H and O–H groups in total. The van der Waals surface area contributed by atoms with Gasteiger partial charge in [0.1, 0.15) is 0 Å². The molecule has 4 bridgehead atoms. The van der Waals surface area contributed by atoms with Crippen LogP contribution in [0.4, 0.5) is 0 Å². The average Bonchev–Trinajstić information content (AvgIpc) is 2.74. The fourth-order valence-corrected chi connectivity index (χ4v) is 5.17. The Balaban J connectivity index is 1.77. The third kappa shape index (κ3) is 1.66. The summed E-state index contributed by atoms with van der Waals surface area (Å²) in [5, 5.41) is 0. The van der Waals surface area contributed by atoms with E-state index in [-0.39, 0.29) is 17.4 Å². The smallest absolute Gasteiger partial charge is 0.203 e. The van der Waals surface area contributed by atoms with Crippen LogP contribution < -0.4 is 0 Å². The van der Waals surface area contributed by atoms with Gasteiger partial charge in [-0.25, -0.2) is 0 Å². The van der Waals surface area contributed by atoms with E-state index in [9.17, 15) is 0 Å². The first-order valence-corrected chi connectivity index (χ1v) is 8.51. The fourth-order valence-electron chi connectivity index (χ4n) is 5.17. The number of ether oxygens (including phenoxy) is 2. The predicted molar refractivity (Wildman–Crippen MR) is 89.3 cm³/mol. The monoisotopic (exact) mass is 306 g/mol. The highest BCUT2D eigenvalue weighted by atomic mass is 16.7. The van der Waals surface area contributed by atoms with Crippen LogP contribution in [0.5, 0.6) is 0 Å². The molecule has 4 aliphatic rings. The van der Waals surface area contributed by atoms with E-state index in [1.807, 2.05) is 0 Å². The van der Waals surface area contributed by atoms with Crippen LogP contribution in [-0.2, 0) is 15.3 Å². The number of aryl methyl sites for hydroxylation is 2. The molecule has 2 heteroatoms. The minimum atomic E-state index is -0.608. The Labute approximate surface area is 137 Å². The first-order chi connectivity index (χ1) is 11.0. The second kappa shape index (κ2) is 4.25.